The fourth-order valence-corrected chi connectivity index (χ4v) is 4.28. The monoisotopic (exact) mass is 451 g/mol. The number of nitrogens with zero attached hydrogens (tertiary/aromatic N) is 1. The van der Waals surface area contributed by atoms with Crippen molar-refractivity contribution in [3.63, 3.8) is 0 Å². The normalized spacial score (nSPS) is 12.7. The van der Waals surface area contributed by atoms with Gasteiger partial charge in [0.25, 0.3) is 0 Å². The van der Waals surface area contributed by atoms with E-state index in [1.165, 1.54) is 24.3 Å². The number of aromatic nitrogens is 1. The smallest absolute Gasteiger partial charge is 0.202 e. The second kappa shape index (κ2) is 8.67. The molecule has 0 fully saturated rings. The van der Waals surface area contributed by atoms with Crippen LogP contribution in [0.25, 0.3) is 11.1 Å². The number of Topliss-reactive ketones (excluding diaryl/α,β-unsaturated/α-hetero) is 1. The molecule has 4 rings (SSSR count). The molecule has 1 unspecified atom stereocenters. The molecule has 0 aliphatic rings. The minimum atomic E-state index is -3.35. The van der Waals surface area contributed by atoms with Crippen molar-refractivity contribution in [2.45, 2.75) is 30.6 Å². The zero-order valence-corrected chi connectivity index (χ0v) is 18.5. The van der Waals surface area contributed by atoms with Crippen LogP contribution < -0.4 is 0 Å². The van der Waals surface area contributed by atoms with Crippen LogP contribution in [0, 0.1) is 12.7 Å². The zero-order valence-electron chi connectivity index (χ0n) is 17.7. The van der Waals surface area contributed by atoms with Crippen LogP contribution in [0.4, 0.5) is 4.39 Å². The third-order valence-corrected chi connectivity index (χ3v) is 6.49. The molecule has 32 heavy (non-hydrogen) atoms. The minimum absolute atomic E-state index is 0.00653. The van der Waals surface area contributed by atoms with E-state index in [9.17, 15) is 17.6 Å². The van der Waals surface area contributed by atoms with Gasteiger partial charge < -0.3 is 4.42 Å². The van der Waals surface area contributed by atoms with E-state index in [4.69, 9.17) is 4.42 Å². The Morgan fingerprint density at radius 2 is 1.72 bits per heavy atom. The molecule has 1 heterocycles. The Bertz CT molecular complexity index is 1370. The summed E-state index contributed by atoms with van der Waals surface area (Å²) in [5.41, 5.74) is 3.82. The summed E-state index contributed by atoms with van der Waals surface area (Å²) in [4.78, 5) is 17.9. The van der Waals surface area contributed by atoms with Crippen LogP contribution in [-0.2, 0) is 27.5 Å². The summed E-state index contributed by atoms with van der Waals surface area (Å²) >= 11 is 0. The molecule has 0 N–H and O–H groups in total. The van der Waals surface area contributed by atoms with Gasteiger partial charge in [0.2, 0.25) is 5.89 Å². The molecule has 7 heteroatoms. The molecule has 4 aromatic rings. The number of halogens is 1. The topological polar surface area (TPSA) is 77.2 Å². The second-order valence-electron chi connectivity index (χ2n) is 7.95. The Balaban J connectivity index is 1.65. The lowest BCUT2D eigenvalue weighted by atomic mass is 9.87. The van der Waals surface area contributed by atoms with Gasteiger partial charge in [0.1, 0.15) is 17.1 Å². The van der Waals surface area contributed by atoms with Gasteiger partial charge in [-0.15, -0.1) is 0 Å². The van der Waals surface area contributed by atoms with Gasteiger partial charge in [-0.1, -0.05) is 30.3 Å². The highest BCUT2D eigenvalue weighted by Crippen LogP contribution is 2.26. The quantitative estimate of drug-likeness (QED) is 0.403. The number of aryl methyl sites for hydroxylation is 1. The summed E-state index contributed by atoms with van der Waals surface area (Å²) < 4.78 is 42.7. The zero-order chi connectivity index (χ0) is 22.9. The molecular formula is C25H22FNO4S. The molecular weight excluding hydrogens is 429 g/mol. The summed E-state index contributed by atoms with van der Waals surface area (Å²) in [7, 11) is -3.35. The molecule has 164 valence electrons. The van der Waals surface area contributed by atoms with E-state index >= 15 is 0 Å². The maximum absolute atomic E-state index is 13.3. The third-order valence-electron chi connectivity index (χ3n) is 5.37. The van der Waals surface area contributed by atoms with E-state index in [0.717, 1.165) is 17.4 Å². The first-order valence-electron chi connectivity index (χ1n) is 10.1. The standard InChI is InChI=1S/C25H22FNO4S/c1-16-3-12-22-24(13-16)31-25(27-22)15-23(28)21(14-17-4-8-19(26)9-5-17)18-6-10-20(11-7-18)32(2,29)30/h3-13,21H,14-15H2,1-2H3. The van der Waals surface area contributed by atoms with Gasteiger partial charge in [0.05, 0.1) is 11.3 Å². The molecule has 1 atom stereocenters. The summed E-state index contributed by atoms with van der Waals surface area (Å²) in [5, 5.41) is 0. The molecule has 3 aromatic carbocycles. The van der Waals surface area contributed by atoms with Gasteiger partial charge in [-0.05, 0) is 66.4 Å². The Hall–Kier alpha value is -3.32. The highest BCUT2D eigenvalue weighted by atomic mass is 32.2. The van der Waals surface area contributed by atoms with E-state index in [-0.39, 0.29) is 22.9 Å². The lowest BCUT2D eigenvalue weighted by molar-refractivity contribution is -0.120. The van der Waals surface area contributed by atoms with Crippen LogP contribution in [0.1, 0.15) is 28.5 Å². The van der Waals surface area contributed by atoms with Crippen LogP contribution in [-0.4, -0.2) is 25.4 Å². The van der Waals surface area contributed by atoms with E-state index in [1.807, 2.05) is 25.1 Å². The Morgan fingerprint density at radius 1 is 1.03 bits per heavy atom. The number of benzene rings is 3. The van der Waals surface area contributed by atoms with Crippen LogP contribution in [0.3, 0.4) is 0 Å². The van der Waals surface area contributed by atoms with E-state index in [0.29, 0.717) is 29.0 Å². The van der Waals surface area contributed by atoms with E-state index in [1.54, 1.807) is 24.3 Å². The van der Waals surface area contributed by atoms with Crippen molar-refractivity contribution < 1.29 is 22.0 Å². The Labute approximate surface area is 185 Å². The molecule has 0 amide bonds. The fourth-order valence-electron chi connectivity index (χ4n) is 3.65. The molecule has 0 saturated heterocycles. The minimum Gasteiger partial charge on any atom is -0.440 e. The lowest BCUT2D eigenvalue weighted by Gasteiger charge is -2.16. The maximum atomic E-state index is 13.3. The summed E-state index contributed by atoms with van der Waals surface area (Å²) in [6.45, 7) is 1.95. The van der Waals surface area contributed by atoms with E-state index in [2.05, 4.69) is 4.98 Å². The van der Waals surface area contributed by atoms with Crippen molar-refractivity contribution in [2.24, 2.45) is 0 Å². The van der Waals surface area contributed by atoms with Crippen LogP contribution in [0.5, 0.6) is 0 Å². The maximum Gasteiger partial charge on any atom is 0.202 e. The third kappa shape index (κ3) is 4.94. The van der Waals surface area contributed by atoms with Gasteiger partial charge in [0, 0.05) is 12.2 Å². The summed E-state index contributed by atoms with van der Waals surface area (Å²) in [6, 6.07) is 17.9. The van der Waals surface area contributed by atoms with Gasteiger partial charge in [-0.3, -0.25) is 4.79 Å². The van der Waals surface area contributed by atoms with Crippen LogP contribution in [0.15, 0.2) is 76.0 Å². The summed E-state index contributed by atoms with van der Waals surface area (Å²) in [6.07, 6.45) is 1.47. The SMILES string of the molecule is Cc1ccc2nc(CC(=O)C(Cc3ccc(F)cc3)c3ccc(S(C)(=O)=O)cc3)oc2c1. The van der Waals surface area contributed by atoms with Crippen molar-refractivity contribution in [1.82, 2.24) is 4.98 Å². The predicted octanol–water partition coefficient (Wildman–Crippen LogP) is 4.82. The highest BCUT2D eigenvalue weighted by Gasteiger charge is 2.24. The van der Waals surface area contributed by atoms with Gasteiger partial charge in [-0.25, -0.2) is 17.8 Å². The number of rotatable bonds is 7. The van der Waals surface area contributed by atoms with Crippen molar-refractivity contribution in [1.29, 1.82) is 0 Å². The van der Waals surface area contributed by atoms with Crippen LogP contribution >= 0.6 is 0 Å². The average molecular weight is 452 g/mol. The van der Waals surface area contributed by atoms with Gasteiger partial charge in [0.15, 0.2) is 15.4 Å². The highest BCUT2D eigenvalue weighted by molar-refractivity contribution is 7.90. The fraction of sp³-hybridized carbons (Fsp3) is 0.200. The van der Waals surface area contributed by atoms with Gasteiger partial charge >= 0.3 is 0 Å². The predicted molar refractivity (Wildman–Crippen MR) is 120 cm³/mol. The molecule has 0 spiro atoms. The first-order valence-corrected chi connectivity index (χ1v) is 12.0. The van der Waals surface area contributed by atoms with Crippen molar-refractivity contribution >= 4 is 26.7 Å². The molecule has 0 radical (unpaired) electrons. The Kier molecular flexibility index (Phi) is 5.93. The molecule has 0 aliphatic heterocycles. The average Bonchev–Trinajstić information content (AvgIpc) is 3.14. The number of hydrogen-bond acceptors (Lipinski definition) is 5. The number of ketones is 1. The number of sulfone groups is 1. The number of oxazole rings is 1. The molecule has 0 bridgehead atoms. The second-order valence-corrected chi connectivity index (χ2v) is 9.96. The van der Waals surface area contributed by atoms with Crippen LogP contribution in [0.2, 0.25) is 0 Å². The van der Waals surface area contributed by atoms with Gasteiger partial charge in [-0.2, -0.15) is 0 Å². The molecule has 0 aliphatic carbocycles. The lowest BCUT2D eigenvalue weighted by Crippen LogP contribution is -2.18. The summed E-state index contributed by atoms with van der Waals surface area (Å²) in [5.74, 6) is -0.709. The molecule has 5 nitrogen and oxygen atoms in total. The Morgan fingerprint density at radius 3 is 2.38 bits per heavy atom. The number of carbonyl (C=O) groups is 1. The number of fused-ring (bicyclic) bond motifs is 1. The number of hydrogen-bond donors (Lipinski definition) is 0. The molecule has 0 saturated carbocycles. The molecule has 1 aromatic heterocycles. The largest absolute Gasteiger partial charge is 0.440 e. The van der Waals surface area contributed by atoms with Crippen molar-refractivity contribution in [3.05, 3.63) is 95.1 Å². The first kappa shape index (κ1) is 21.9. The van der Waals surface area contributed by atoms with Crippen molar-refractivity contribution in [3.8, 4) is 0 Å². The van der Waals surface area contributed by atoms with Crippen molar-refractivity contribution in [2.75, 3.05) is 6.26 Å². The first-order chi connectivity index (χ1) is 15.2. The van der Waals surface area contributed by atoms with E-state index < -0.39 is 15.8 Å². The number of carbonyl (C=O) groups excluding carboxylic acids is 1.